The summed E-state index contributed by atoms with van der Waals surface area (Å²) < 4.78 is 5.83. The van der Waals surface area contributed by atoms with E-state index >= 15 is 0 Å². The van der Waals surface area contributed by atoms with Gasteiger partial charge >= 0.3 is 0 Å². The highest BCUT2D eigenvalue weighted by Crippen LogP contribution is 2.23. The number of ether oxygens (including phenoxy) is 1. The fourth-order valence-corrected chi connectivity index (χ4v) is 4.11. The van der Waals surface area contributed by atoms with Crippen LogP contribution in [0.5, 0.6) is 0 Å². The molecule has 2 heterocycles. The third kappa shape index (κ3) is 5.19. The molecule has 31 heavy (non-hydrogen) atoms. The van der Waals surface area contributed by atoms with E-state index in [0.29, 0.717) is 23.1 Å². The Morgan fingerprint density at radius 3 is 2.48 bits per heavy atom. The highest BCUT2D eigenvalue weighted by atomic mass is 35.5. The predicted octanol–water partition coefficient (Wildman–Crippen LogP) is 5.85. The van der Waals surface area contributed by atoms with Gasteiger partial charge in [0, 0.05) is 29.2 Å². The summed E-state index contributed by atoms with van der Waals surface area (Å²) in [5.41, 5.74) is 4.28. The van der Waals surface area contributed by atoms with Crippen molar-refractivity contribution in [1.29, 1.82) is 0 Å². The summed E-state index contributed by atoms with van der Waals surface area (Å²) in [6.07, 6.45) is 5.15. The van der Waals surface area contributed by atoms with Crippen molar-refractivity contribution in [2.24, 2.45) is 10.9 Å². The quantitative estimate of drug-likeness (QED) is 0.589. The average Bonchev–Trinajstić information content (AvgIpc) is 3.30. The first-order chi connectivity index (χ1) is 15.0. The predicted molar refractivity (Wildman–Crippen MR) is 127 cm³/mol. The number of halogens is 1. The lowest BCUT2D eigenvalue weighted by molar-refractivity contribution is 0.0744. The Morgan fingerprint density at radius 2 is 1.84 bits per heavy atom. The number of carbonyl (C=O) groups is 1. The van der Waals surface area contributed by atoms with E-state index in [1.807, 2.05) is 4.90 Å². The number of aliphatic imine (C=N–C) groups is 1. The lowest BCUT2D eigenvalue weighted by atomic mass is 9.99. The average molecular weight is 437 g/mol. The Balaban J connectivity index is 1.35. The van der Waals surface area contributed by atoms with Crippen LogP contribution in [0.2, 0.25) is 5.02 Å². The molecule has 1 fully saturated rings. The summed E-state index contributed by atoms with van der Waals surface area (Å²) in [5.74, 6) is 1.38. The molecule has 1 unspecified atom stereocenters. The monoisotopic (exact) mass is 436 g/mol. The molecule has 2 aliphatic heterocycles. The normalized spacial score (nSPS) is 19.6. The van der Waals surface area contributed by atoms with Crippen LogP contribution in [0.25, 0.3) is 6.08 Å². The van der Waals surface area contributed by atoms with Crippen LogP contribution in [0, 0.1) is 5.92 Å². The lowest BCUT2D eigenvalue weighted by Gasteiger charge is -2.28. The molecule has 0 saturated carbocycles. The van der Waals surface area contributed by atoms with E-state index in [1.54, 1.807) is 24.3 Å². The molecule has 2 aliphatic rings. The van der Waals surface area contributed by atoms with Gasteiger partial charge in [0.15, 0.2) is 0 Å². The second kappa shape index (κ2) is 9.69. The number of amides is 1. The summed E-state index contributed by atoms with van der Waals surface area (Å²) in [5, 5.41) is 0.647. The van der Waals surface area contributed by atoms with Gasteiger partial charge in [-0.2, -0.15) is 0 Å². The van der Waals surface area contributed by atoms with Gasteiger partial charge in [-0.1, -0.05) is 55.7 Å². The first-order valence-electron chi connectivity index (χ1n) is 11.1. The summed E-state index contributed by atoms with van der Waals surface area (Å²) in [7, 11) is 0. The summed E-state index contributed by atoms with van der Waals surface area (Å²) >= 11 is 5.92. The van der Waals surface area contributed by atoms with E-state index in [9.17, 15) is 4.79 Å². The first-order valence-corrected chi connectivity index (χ1v) is 11.5. The van der Waals surface area contributed by atoms with Gasteiger partial charge in [-0.15, -0.1) is 0 Å². The number of nitrogens with zero attached hydrogens (tertiary/aromatic N) is 2. The van der Waals surface area contributed by atoms with Crippen LogP contribution in [-0.4, -0.2) is 42.4 Å². The van der Waals surface area contributed by atoms with Crippen molar-refractivity contribution in [2.75, 3.05) is 19.7 Å². The first kappa shape index (κ1) is 21.6. The van der Waals surface area contributed by atoms with Crippen molar-refractivity contribution < 1.29 is 9.53 Å². The third-order valence-corrected chi connectivity index (χ3v) is 6.54. The van der Waals surface area contributed by atoms with E-state index in [1.165, 1.54) is 11.1 Å². The second-order valence-corrected chi connectivity index (χ2v) is 8.86. The molecule has 0 aromatic heterocycles. The zero-order chi connectivity index (χ0) is 21.8. The molecule has 2 atom stereocenters. The Labute approximate surface area is 189 Å². The van der Waals surface area contributed by atoms with Gasteiger partial charge in [0.05, 0.1) is 6.04 Å². The van der Waals surface area contributed by atoms with Crippen LogP contribution in [-0.2, 0) is 4.74 Å². The number of rotatable bonds is 5. The van der Waals surface area contributed by atoms with Gasteiger partial charge in [-0.3, -0.25) is 4.79 Å². The fourth-order valence-electron chi connectivity index (χ4n) is 3.98. The summed E-state index contributed by atoms with van der Waals surface area (Å²) in [4.78, 5) is 19.4. The molecule has 0 N–H and O–H groups in total. The standard InChI is InChI=1S/C26H29ClN2O2/c1-3-18(2)24-17-31-25(28-24)21-6-4-19(5-7-21)16-20-12-14-29(15-13-20)26(30)22-8-10-23(27)11-9-22/h4-11,16,18,24H,3,12-15,17H2,1-2H3/t18?,24-/m1/s1. The van der Waals surface area contributed by atoms with Crippen molar-refractivity contribution in [1.82, 2.24) is 4.90 Å². The maximum Gasteiger partial charge on any atom is 0.253 e. The minimum absolute atomic E-state index is 0.0769. The van der Waals surface area contributed by atoms with Crippen LogP contribution < -0.4 is 0 Å². The molecule has 1 amide bonds. The van der Waals surface area contributed by atoms with E-state index in [2.05, 4.69) is 44.2 Å². The van der Waals surface area contributed by atoms with Gasteiger partial charge in [0.25, 0.3) is 5.91 Å². The zero-order valence-corrected chi connectivity index (χ0v) is 18.9. The molecule has 0 bridgehead atoms. The van der Waals surface area contributed by atoms with Crippen molar-refractivity contribution in [3.63, 3.8) is 0 Å². The van der Waals surface area contributed by atoms with Gasteiger partial charge in [-0.05, 0) is 60.7 Å². The van der Waals surface area contributed by atoms with E-state index < -0.39 is 0 Å². The Morgan fingerprint density at radius 1 is 1.16 bits per heavy atom. The van der Waals surface area contributed by atoms with Crippen molar-refractivity contribution in [3.8, 4) is 0 Å². The van der Waals surface area contributed by atoms with E-state index in [4.69, 9.17) is 21.3 Å². The molecule has 1 saturated heterocycles. The molecular weight excluding hydrogens is 408 g/mol. The highest BCUT2D eigenvalue weighted by molar-refractivity contribution is 6.30. The molecule has 2 aromatic carbocycles. The third-order valence-electron chi connectivity index (χ3n) is 6.29. The molecule has 4 rings (SSSR count). The number of hydrogen-bond acceptors (Lipinski definition) is 3. The molecule has 0 radical (unpaired) electrons. The zero-order valence-electron chi connectivity index (χ0n) is 18.2. The van der Waals surface area contributed by atoms with Crippen LogP contribution in [0.3, 0.4) is 0 Å². The molecule has 162 valence electrons. The van der Waals surface area contributed by atoms with Crippen molar-refractivity contribution in [3.05, 3.63) is 75.8 Å². The largest absolute Gasteiger partial charge is 0.475 e. The number of carbonyl (C=O) groups excluding carboxylic acids is 1. The molecular formula is C26H29ClN2O2. The fraction of sp³-hybridized carbons (Fsp3) is 0.385. The highest BCUT2D eigenvalue weighted by Gasteiger charge is 2.24. The number of likely N-dealkylation sites (tertiary alicyclic amines) is 1. The van der Waals surface area contributed by atoms with Crippen LogP contribution >= 0.6 is 11.6 Å². The van der Waals surface area contributed by atoms with Gasteiger partial charge < -0.3 is 9.64 Å². The topological polar surface area (TPSA) is 41.9 Å². The Kier molecular flexibility index (Phi) is 6.77. The molecule has 4 nitrogen and oxygen atoms in total. The number of hydrogen-bond donors (Lipinski definition) is 0. The van der Waals surface area contributed by atoms with Gasteiger partial charge in [-0.25, -0.2) is 4.99 Å². The number of piperidine rings is 1. The minimum atomic E-state index is 0.0769. The second-order valence-electron chi connectivity index (χ2n) is 8.42. The summed E-state index contributed by atoms with van der Waals surface area (Å²) in [6.45, 7) is 6.59. The minimum Gasteiger partial charge on any atom is -0.475 e. The molecule has 0 aliphatic carbocycles. The smallest absolute Gasteiger partial charge is 0.253 e. The van der Waals surface area contributed by atoms with Crippen LogP contribution in [0.4, 0.5) is 0 Å². The van der Waals surface area contributed by atoms with Crippen LogP contribution in [0.15, 0.2) is 59.1 Å². The maximum atomic E-state index is 12.7. The molecule has 5 heteroatoms. The Bertz CT molecular complexity index is 969. The van der Waals surface area contributed by atoms with Gasteiger partial charge in [0.2, 0.25) is 5.90 Å². The van der Waals surface area contributed by atoms with E-state index in [0.717, 1.165) is 43.8 Å². The van der Waals surface area contributed by atoms with E-state index in [-0.39, 0.29) is 11.9 Å². The van der Waals surface area contributed by atoms with Crippen molar-refractivity contribution >= 4 is 29.5 Å². The van der Waals surface area contributed by atoms with Crippen molar-refractivity contribution in [2.45, 2.75) is 39.2 Å². The van der Waals surface area contributed by atoms with Gasteiger partial charge in [0.1, 0.15) is 6.61 Å². The van der Waals surface area contributed by atoms with Crippen LogP contribution in [0.1, 0.15) is 54.6 Å². The lowest BCUT2D eigenvalue weighted by Crippen LogP contribution is -2.36. The maximum absolute atomic E-state index is 12.7. The summed E-state index contributed by atoms with van der Waals surface area (Å²) in [6, 6.07) is 15.8. The molecule has 0 spiro atoms. The SMILES string of the molecule is CCC(C)[C@H]1COC(c2ccc(C=C3CCN(C(=O)c4ccc(Cl)cc4)CC3)cc2)=N1. The molecule has 2 aromatic rings. The Hall–Kier alpha value is -2.59. The number of benzene rings is 2.